The van der Waals surface area contributed by atoms with Crippen molar-refractivity contribution in [1.29, 1.82) is 0 Å². The van der Waals surface area contributed by atoms with Gasteiger partial charge in [0.05, 0.1) is 10.9 Å². The van der Waals surface area contributed by atoms with E-state index in [-0.39, 0.29) is 10.8 Å². The molecule has 0 aliphatic carbocycles. The van der Waals surface area contributed by atoms with Crippen LogP contribution >= 0.6 is 11.6 Å². The van der Waals surface area contributed by atoms with Crippen molar-refractivity contribution in [2.75, 3.05) is 7.05 Å². The number of carbonyl (C=O) groups excluding carboxylic acids is 1. The maximum atomic E-state index is 12.4. The molecule has 5 nitrogen and oxygen atoms in total. The van der Waals surface area contributed by atoms with Crippen molar-refractivity contribution in [3.8, 4) is 0 Å². The second kappa shape index (κ2) is 7.79. The number of nitrogens with one attached hydrogen (secondary N) is 1. The Morgan fingerprint density at radius 3 is 2.29 bits per heavy atom. The van der Waals surface area contributed by atoms with E-state index < -0.39 is 16.1 Å². The molecule has 128 valence electrons. The van der Waals surface area contributed by atoms with Crippen LogP contribution in [0.5, 0.6) is 0 Å². The maximum Gasteiger partial charge on any atom is 0.241 e. The minimum Gasteiger partial charge on any atom is -0.340 e. The van der Waals surface area contributed by atoms with E-state index in [1.807, 2.05) is 30.3 Å². The first-order valence-corrected chi connectivity index (χ1v) is 9.22. The molecule has 0 fully saturated rings. The summed E-state index contributed by atoms with van der Waals surface area (Å²) in [6.45, 7) is 1.93. The molecule has 2 rings (SSSR count). The third kappa shape index (κ3) is 4.80. The fourth-order valence-corrected chi connectivity index (χ4v) is 3.55. The van der Waals surface area contributed by atoms with Crippen molar-refractivity contribution < 1.29 is 13.2 Å². The van der Waals surface area contributed by atoms with Gasteiger partial charge in [0.25, 0.3) is 0 Å². The number of hydrogen-bond donors (Lipinski definition) is 1. The van der Waals surface area contributed by atoms with E-state index in [2.05, 4.69) is 4.72 Å². The highest BCUT2D eigenvalue weighted by molar-refractivity contribution is 7.89. The SMILES string of the molecule is C[C@H](NS(=O)(=O)c1ccc(Cl)cc1)C(=O)N(C)Cc1ccccc1. The normalized spacial score (nSPS) is 12.6. The largest absolute Gasteiger partial charge is 0.340 e. The minimum absolute atomic E-state index is 0.0669. The quantitative estimate of drug-likeness (QED) is 0.854. The van der Waals surface area contributed by atoms with Gasteiger partial charge in [-0.3, -0.25) is 4.79 Å². The van der Waals surface area contributed by atoms with Crippen LogP contribution in [0.1, 0.15) is 12.5 Å². The molecule has 24 heavy (non-hydrogen) atoms. The molecule has 0 saturated heterocycles. The number of hydrogen-bond acceptors (Lipinski definition) is 3. The average molecular weight is 367 g/mol. The number of sulfonamides is 1. The van der Waals surface area contributed by atoms with Gasteiger partial charge in [-0.05, 0) is 36.8 Å². The lowest BCUT2D eigenvalue weighted by atomic mass is 10.2. The average Bonchev–Trinajstić information content (AvgIpc) is 2.55. The minimum atomic E-state index is -3.78. The van der Waals surface area contributed by atoms with Crippen LogP contribution in [-0.2, 0) is 21.4 Å². The lowest BCUT2D eigenvalue weighted by Gasteiger charge is -2.22. The van der Waals surface area contributed by atoms with Gasteiger partial charge in [0.2, 0.25) is 15.9 Å². The molecule has 0 radical (unpaired) electrons. The van der Waals surface area contributed by atoms with Crippen LogP contribution in [0.3, 0.4) is 0 Å². The Labute approximate surface area is 147 Å². The predicted molar refractivity (Wildman–Crippen MR) is 94.2 cm³/mol. The second-order valence-corrected chi connectivity index (χ2v) is 7.63. The standard InChI is InChI=1S/C17H19ClN2O3S/c1-13(17(21)20(2)12-14-6-4-3-5-7-14)19-24(22,23)16-10-8-15(18)9-11-16/h3-11,13,19H,12H2,1-2H3/t13-/m0/s1. The Morgan fingerprint density at radius 1 is 1.12 bits per heavy atom. The van der Waals surface area contributed by atoms with E-state index in [0.717, 1.165) is 5.56 Å². The molecule has 0 unspecified atom stereocenters. The zero-order valence-corrected chi connectivity index (χ0v) is 15.0. The Morgan fingerprint density at radius 2 is 1.71 bits per heavy atom. The molecule has 0 aliphatic rings. The van der Waals surface area contributed by atoms with E-state index in [4.69, 9.17) is 11.6 Å². The van der Waals surface area contributed by atoms with E-state index in [9.17, 15) is 13.2 Å². The second-order valence-electron chi connectivity index (χ2n) is 5.48. The van der Waals surface area contributed by atoms with Gasteiger partial charge in [-0.25, -0.2) is 8.42 Å². The lowest BCUT2D eigenvalue weighted by molar-refractivity contribution is -0.131. The molecule has 1 atom stereocenters. The monoisotopic (exact) mass is 366 g/mol. The van der Waals surface area contributed by atoms with E-state index >= 15 is 0 Å². The van der Waals surface area contributed by atoms with Gasteiger partial charge in [-0.1, -0.05) is 41.9 Å². The molecule has 0 saturated carbocycles. The number of halogens is 1. The Balaban J connectivity index is 2.03. The Hall–Kier alpha value is -1.89. The molecular weight excluding hydrogens is 348 g/mol. The predicted octanol–water partition coefficient (Wildman–Crippen LogP) is 2.67. The first kappa shape index (κ1) is 18.4. The third-order valence-corrected chi connectivity index (χ3v) is 5.27. The summed E-state index contributed by atoms with van der Waals surface area (Å²) in [5.41, 5.74) is 0.973. The summed E-state index contributed by atoms with van der Waals surface area (Å²) >= 11 is 5.76. The number of carbonyl (C=O) groups is 1. The van der Waals surface area contributed by atoms with E-state index in [0.29, 0.717) is 11.6 Å². The van der Waals surface area contributed by atoms with Gasteiger partial charge < -0.3 is 4.90 Å². The van der Waals surface area contributed by atoms with Crippen molar-refractivity contribution in [3.63, 3.8) is 0 Å². The van der Waals surface area contributed by atoms with Gasteiger partial charge in [0.15, 0.2) is 0 Å². The molecule has 0 aromatic heterocycles. The summed E-state index contributed by atoms with van der Waals surface area (Å²) in [5, 5.41) is 0.445. The molecule has 1 N–H and O–H groups in total. The Kier molecular flexibility index (Phi) is 5.99. The number of likely N-dealkylation sites (N-methyl/N-ethyl adjacent to an activating group) is 1. The van der Waals surface area contributed by atoms with Gasteiger partial charge in [0.1, 0.15) is 0 Å². The third-order valence-electron chi connectivity index (χ3n) is 3.47. The van der Waals surface area contributed by atoms with Crippen molar-refractivity contribution in [1.82, 2.24) is 9.62 Å². The van der Waals surface area contributed by atoms with Crippen molar-refractivity contribution >= 4 is 27.5 Å². The van der Waals surface area contributed by atoms with Crippen molar-refractivity contribution in [2.24, 2.45) is 0 Å². The lowest BCUT2D eigenvalue weighted by Crippen LogP contribution is -2.45. The highest BCUT2D eigenvalue weighted by atomic mass is 35.5. The first-order chi connectivity index (χ1) is 11.3. The molecule has 0 spiro atoms. The molecular formula is C17H19ClN2O3S. The van der Waals surface area contributed by atoms with Gasteiger partial charge in [-0.2, -0.15) is 4.72 Å². The summed E-state index contributed by atoms with van der Waals surface area (Å²) in [6.07, 6.45) is 0. The maximum absolute atomic E-state index is 12.4. The molecule has 2 aromatic rings. The number of rotatable bonds is 6. The molecule has 0 bridgehead atoms. The zero-order valence-electron chi connectivity index (χ0n) is 13.4. The first-order valence-electron chi connectivity index (χ1n) is 7.36. The fraction of sp³-hybridized carbons (Fsp3) is 0.235. The molecule has 0 aliphatic heterocycles. The van der Waals surface area contributed by atoms with Crippen LogP contribution in [0.15, 0.2) is 59.5 Å². The molecule has 0 heterocycles. The number of amides is 1. The summed E-state index contributed by atoms with van der Waals surface area (Å²) < 4.78 is 27.0. The molecule has 7 heteroatoms. The van der Waals surface area contributed by atoms with Crippen LogP contribution in [0, 0.1) is 0 Å². The highest BCUT2D eigenvalue weighted by Gasteiger charge is 2.24. The van der Waals surface area contributed by atoms with Crippen molar-refractivity contribution in [3.05, 3.63) is 65.2 Å². The smallest absolute Gasteiger partial charge is 0.241 e. The van der Waals surface area contributed by atoms with E-state index in [1.165, 1.54) is 36.1 Å². The summed E-state index contributed by atoms with van der Waals surface area (Å²) in [4.78, 5) is 13.9. The van der Waals surface area contributed by atoms with Gasteiger partial charge in [0, 0.05) is 18.6 Å². The molecule has 1 amide bonds. The van der Waals surface area contributed by atoms with Gasteiger partial charge in [-0.15, -0.1) is 0 Å². The van der Waals surface area contributed by atoms with Crippen LogP contribution in [-0.4, -0.2) is 32.3 Å². The molecule has 2 aromatic carbocycles. The fourth-order valence-electron chi connectivity index (χ4n) is 2.23. The summed E-state index contributed by atoms with van der Waals surface area (Å²) in [6, 6.07) is 14.4. The topological polar surface area (TPSA) is 66.5 Å². The zero-order chi connectivity index (χ0) is 17.7. The Bertz CT molecular complexity index is 792. The van der Waals surface area contributed by atoms with Crippen LogP contribution in [0.2, 0.25) is 5.02 Å². The highest BCUT2D eigenvalue weighted by Crippen LogP contribution is 2.14. The van der Waals surface area contributed by atoms with Crippen LogP contribution in [0.25, 0.3) is 0 Å². The summed E-state index contributed by atoms with van der Waals surface area (Å²) in [7, 11) is -2.14. The van der Waals surface area contributed by atoms with Crippen LogP contribution in [0.4, 0.5) is 0 Å². The van der Waals surface area contributed by atoms with Crippen LogP contribution < -0.4 is 4.72 Å². The number of benzene rings is 2. The van der Waals surface area contributed by atoms with E-state index in [1.54, 1.807) is 7.05 Å². The van der Waals surface area contributed by atoms with Gasteiger partial charge >= 0.3 is 0 Å². The summed E-state index contributed by atoms with van der Waals surface area (Å²) in [5.74, 6) is -0.309. The number of nitrogens with zero attached hydrogens (tertiary/aromatic N) is 1. The van der Waals surface area contributed by atoms with Crippen molar-refractivity contribution in [2.45, 2.75) is 24.4 Å².